The fourth-order valence-corrected chi connectivity index (χ4v) is 4.40. The first-order valence-corrected chi connectivity index (χ1v) is 10.5. The summed E-state index contributed by atoms with van der Waals surface area (Å²) in [7, 11) is 3.90. The zero-order chi connectivity index (χ0) is 21.3. The number of nitrogens with zero attached hydrogens (tertiary/aromatic N) is 2. The van der Waals surface area contributed by atoms with E-state index in [1.807, 2.05) is 12.3 Å². The molecule has 0 fully saturated rings. The maximum atomic E-state index is 5.71. The Hall–Kier alpha value is -3.07. The lowest BCUT2D eigenvalue weighted by Gasteiger charge is -2.45. The molecule has 1 aliphatic heterocycles. The Bertz CT molecular complexity index is 1050. The van der Waals surface area contributed by atoms with Crippen LogP contribution in [0.25, 0.3) is 11.1 Å². The number of anilines is 1. The summed E-state index contributed by atoms with van der Waals surface area (Å²) in [5.41, 5.74) is 7.10. The molecule has 0 aliphatic carbocycles. The molecule has 154 valence electrons. The number of hydrogen-bond acceptors (Lipinski definition) is 3. The molecule has 1 atom stereocenters. The lowest BCUT2D eigenvalue weighted by molar-refractivity contribution is 0.389. The first-order valence-electron chi connectivity index (χ1n) is 10.5. The molecule has 0 amide bonds. The van der Waals surface area contributed by atoms with E-state index in [1.165, 1.54) is 22.4 Å². The Kier molecular flexibility index (Phi) is 5.38. The van der Waals surface area contributed by atoms with Crippen molar-refractivity contribution in [2.45, 2.75) is 38.6 Å². The molecule has 3 nitrogen and oxygen atoms in total. The zero-order valence-corrected chi connectivity index (χ0v) is 18.5. The molecular formula is C27H30N2O. The minimum absolute atomic E-state index is 0.132. The number of hydrogen-bond donors (Lipinski definition) is 0. The van der Waals surface area contributed by atoms with Gasteiger partial charge in [-0.3, -0.25) is 4.99 Å². The molecule has 0 aromatic heterocycles. The normalized spacial score (nSPS) is 17.8. The number of benzene rings is 3. The van der Waals surface area contributed by atoms with Crippen molar-refractivity contribution in [2.24, 2.45) is 4.99 Å². The van der Waals surface area contributed by atoms with Crippen molar-refractivity contribution >= 4 is 17.6 Å². The van der Waals surface area contributed by atoms with E-state index in [4.69, 9.17) is 9.73 Å². The van der Waals surface area contributed by atoms with Crippen LogP contribution in [0.3, 0.4) is 0 Å². The van der Waals surface area contributed by atoms with Crippen LogP contribution in [-0.2, 0) is 0 Å². The summed E-state index contributed by atoms with van der Waals surface area (Å²) in [6.07, 6.45) is 3.05. The van der Waals surface area contributed by atoms with Crippen LogP contribution >= 0.6 is 0 Å². The Balaban J connectivity index is 1.63. The zero-order valence-electron chi connectivity index (χ0n) is 18.5. The third kappa shape index (κ3) is 3.85. The largest absolute Gasteiger partial charge is 0.496 e. The first kappa shape index (κ1) is 20.2. The third-order valence-corrected chi connectivity index (χ3v) is 6.31. The molecule has 3 aromatic carbocycles. The lowest BCUT2D eigenvalue weighted by atomic mass is 9.80. The summed E-state index contributed by atoms with van der Waals surface area (Å²) in [6.45, 7) is 6.91. The summed E-state index contributed by atoms with van der Waals surface area (Å²) < 4.78 is 5.71. The monoisotopic (exact) mass is 398 g/mol. The van der Waals surface area contributed by atoms with Gasteiger partial charge < -0.3 is 9.64 Å². The van der Waals surface area contributed by atoms with E-state index in [9.17, 15) is 0 Å². The quantitative estimate of drug-likeness (QED) is 0.450. The molecule has 0 bridgehead atoms. The highest BCUT2D eigenvalue weighted by molar-refractivity contribution is 5.88. The fourth-order valence-electron chi connectivity index (χ4n) is 4.40. The Morgan fingerprint density at radius 2 is 1.67 bits per heavy atom. The number of ether oxygens (including phenoxy) is 1. The van der Waals surface area contributed by atoms with Crippen LogP contribution in [-0.4, -0.2) is 25.9 Å². The molecule has 1 aliphatic rings. The molecule has 3 heteroatoms. The Morgan fingerprint density at radius 1 is 1.00 bits per heavy atom. The van der Waals surface area contributed by atoms with Crippen LogP contribution in [0, 0.1) is 0 Å². The maximum Gasteiger partial charge on any atom is 0.129 e. The van der Waals surface area contributed by atoms with Crippen molar-refractivity contribution < 1.29 is 4.74 Å². The van der Waals surface area contributed by atoms with Crippen LogP contribution in [0.2, 0.25) is 0 Å². The highest BCUT2D eigenvalue weighted by atomic mass is 16.5. The van der Waals surface area contributed by atoms with Gasteiger partial charge in [0.1, 0.15) is 5.75 Å². The minimum atomic E-state index is 0.132. The van der Waals surface area contributed by atoms with Crippen LogP contribution in [0.5, 0.6) is 5.75 Å². The fraction of sp³-hybridized carbons (Fsp3) is 0.296. The molecule has 3 aromatic rings. The third-order valence-electron chi connectivity index (χ3n) is 6.31. The summed E-state index contributed by atoms with van der Waals surface area (Å²) >= 11 is 0. The van der Waals surface area contributed by atoms with Gasteiger partial charge in [0, 0.05) is 36.1 Å². The van der Waals surface area contributed by atoms with Gasteiger partial charge in [0.05, 0.1) is 12.8 Å². The van der Waals surface area contributed by atoms with Gasteiger partial charge in [-0.25, -0.2) is 0 Å². The van der Waals surface area contributed by atoms with Gasteiger partial charge in [-0.2, -0.15) is 0 Å². The minimum Gasteiger partial charge on any atom is -0.496 e. The van der Waals surface area contributed by atoms with Gasteiger partial charge in [0.2, 0.25) is 0 Å². The van der Waals surface area contributed by atoms with E-state index in [2.05, 4.69) is 93.4 Å². The second kappa shape index (κ2) is 7.98. The molecule has 30 heavy (non-hydrogen) atoms. The Morgan fingerprint density at radius 3 is 2.33 bits per heavy atom. The van der Waals surface area contributed by atoms with Crippen molar-refractivity contribution in [2.75, 3.05) is 19.1 Å². The molecule has 1 unspecified atom stereocenters. The summed E-state index contributed by atoms with van der Waals surface area (Å²) in [5, 5.41) is 0. The molecule has 0 spiro atoms. The van der Waals surface area contributed by atoms with Crippen molar-refractivity contribution in [3.05, 3.63) is 77.9 Å². The average Bonchev–Trinajstić information content (AvgIpc) is 2.76. The van der Waals surface area contributed by atoms with E-state index in [0.717, 1.165) is 23.4 Å². The second-order valence-electron chi connectivity index (χ2n) is 8.80. The summed E-state index contributed by atoms with van der Waals surface area (Å²) in [6, 6.07) is 23.1. The topological polar surface area (TPSA) is 24.8 Å². The molecular weight excluding hydrogens is 368 g/mol. The van der Waals surface area contributed by atoms with Crippen molar-refractivity contribution in [1.82, 2.24) is 0 Å². The van der Waals surface area contributed by atoms with E-state index in [0.29, 0.717) is 5.92 Å². The average molecular weight is 399 g/mol. The predicted octanol–water partition coefficient (Wildman–Crippen LogP) is 6.83. The summed E-state index contributed by atoms with van der Waals surface area (Å²) in [4.78, 5) is 7.09. The van der Waals surface area contributed by atoms with Crippen LogP contribution in [0.4, 0.5) is 11.4 Å². The van der Waals surface area contributed by atoms with Gasteiger partial charge in [0.15, 0.2) is 0 Å². The molecule has 0 saturated carbocycles. The molecule has 1 heterocycles. The molecule has 0 radical (unpaired) electrons. The second-order valence-corrected chi connectivity index (χ2v) is 8.80. The number of methoxy groups -OCH3 is 1. The molecule has 0 saturated heterocycles. The number of fused-ring (bicyclic) bond motifs is 1. The van der Waals surface area contributed by atoms with E-state index < -0.39 is 0 Å². The number of aliphatic imine (C=N–C) groups is 1. The van der Waals surface area contributed by atoms with Crippen molar-refractivity contribution in [3.8, 4) is 16.9 Å². The van der Waals surface area contributed by atoms with Crippen LogP contribution in [0.15, 0.2) is 71.7 Å². The van der Waals surface area contributed by atoms with Gasteiger partial charge in [-0.15, -0.1) is 0 Å². The van der Waals surface area contributed by atoms with Gasteiger partial charge in [-0.1, -0.05) is 49.4 Å². The van der Waals surface area contributed by atoms with Crippen molar-refractivity contribution in [1.29, 1.82) is 0 Å². The van der Waals surface area contributed by atoms with Gasteiger partial charge >= 0.3 is 0 Å². The summed E-state index contributed by atoms with van der Waals surface area (Å²) in [5.74, 6) is 1.35. The predicted molar refractivity (Wildman–Crippen MR) is 128 cm³/mol. The number of rotatable bonds is 4. The van der Waals surface area contributed by atoms with Crippen LogP contribution in [0.1, 0.15) is 44.2 Å². The molecule has 0 N–H and O–H groups in total. The SMILES string of the molecule is COc1cc2c(cc1C=Nc1ccc(-c3ccccc3)cc1)C(C)CC(C)(C)N2C. The lowest BCUT2D eigenvalue weighted by Crippen LogP contribution is -2.45. The first-order chi connectivity index (χ1) is 14.4. The van der Waals surface area contributed by atoms with Gasteiger partial charge in [-0.05, 0) is 61.1 Å². The van der Waals surface area contributed by atoms with Crippen LogP contribution < -0.4 is 9.64 Å². The standard InChI is InChI=1S/C27H30N2O/c1-19-17-27(2,3)29(4)25-16-26(30-5)22(15-24(19)25)18-28-23-13-11-21(12-14-23)20-9-7-6-8-10-20/h6-16,18-19H,17H2,1-5H3. The van der Waals surface area contributed by atoms with E-state index >= 15 is 0 Å². The van der Waals surface area contributed by atoms with E-state index in [1.54, 1.807) is 7.11 Å². The highest BCUT2D eigenvalue weighted by Gasteiger charge is 2.34. The van der Waals surface area contributed by atoms with Gasteiger partial charge in [0.25, 0.3) is 0 Å². The Labute approximate surface area is 180 Å². The smallest absolute Gasteiger partial charge is 0.129 e. The van der Waals surface area contributed by atoms with Crippen molar-refractivity contribution in [3.63, 3.8) is 0 Å². The highest BCUT2D eigenvalue weighted by Crippen LogP contribution is 2.44. The maximum absolute atomic E-state index is 5.71. The van der Waals surface area contributed by atoms with E-state index in [-0.39, 0.29) is 5.54 Å². The molecule has 4 rings (SSSR count).